The molecular weight excluding hydrogens is 432 g/mol. The molecule has 3 N–H and O–H groups in total. The zero-order valence-corrected chi connectivity index (χ0v) is 17.5. The molecule has 0 aliphatic rings. The van der Waals surface area contributed by atoms with Crippen molar-refractivity contribution in [2.24, 2.45) is 5.14 Å². The Bertz CT molecular complexity index is 1310. The molecule has 0 fully saturated rings. The third-order valence-corrected chi connectivity index (χ3v) is 6.33. The van der Waals surface area contributed by atoms with Crippen LogP contribution in [0.5, 0.6) is 5.75 Å². The Balaban J connectivity index is 1.82. The summed E-state index contributed by atoms with van der Waals surface area (Å²) in [5.74, 6) is 0.718. The fraction of sp³-hybridized carbons (Fsp3) is 0.0526. The number of halogens is 1. The lowest BCUT2D eigenvalue weighted by atomic mass is 10.1. The van der Waals surface area contributed by atoms with Crippen molar-refractivity contribution in [3.63, 3.8) is 0 Å². The molecule has 0 aliphatic heterocycles. The topological polar surface area (TPSA) is 107 Å². The molecule has 2 aromatic heterocycles. The molecule has 4 aromatic rings. The minimum Gasteiger partial charge on any atom is -0.495 e. The number of nitrogens with one attached hydrogen (secondary N) is 1. The van der Waals surface area contributed by atoms with Crippen molar-refractivity contribution in [2.75, 3.05) is 12.4 Å². The Labute approximate surface area is 176 Å². The van der Waals surface area contributed by atoms with Crippen LogP contribution in [0.25, 0.3) is 21.3 Å². The summed E-state index contributed by atoms with van der Waals surface area (Å²) in [6.07, 6.45) is 1.46. The number of ether oxygens (including phenoxy) is 1. The van der Waals surface area contributed by atoms with E-state index in [1.807, 2.05) is 29.6 Å². The van der Waals surface area contributed by atoms with Gasteiger partial charge < -0.3 is 10.1 Å². The van der Waals surface area contributed by atoms with E-state index >= 15 is 0 Å². The Kier molecular flexibility index (Phi) is 5.13. The van der Waals surface area contributed by atoms with Crippen molar-refractivity contribution in [1.82, 2.24) is 9.97 Å². The summed E-state index contributed by atoms with van der Waals surface area (Å²) in [7, 11) is -2.57. The van der Waals surface area contributed by atoms with Crippen LogP contribution in [0.1, 0.15) is 0 Å². The highest BCUT2D eigenvalue weighted by atomic mass is 35.5. The van der Waals surface area contributed by atoms with E-state index in [0.717, 1.165) is 21.3 Å². The molecular formula is C19H15ClN4O3S2. The van der Waals surface area contributed by atoms with E-state index < -0.39 is 10.0 Å². The second-order valence-corrected chi connectivity index (χ2v) is 8.92. The van der Waals surface area contributed by atoms with E-state index in [2.05, 4.69) is 15.3 Å². The van der Waals surface area contributed by atoms with Gasteiger partial charge in [-0.05, 0) is 35.9 Å². The molecule has 2 heterocycles. The zero-order chi connectivity index (χ0) is 20.6. The van der Waals surface area contributed by atoms with Gasteiger partial charge in [-0.25, -0.2) is 23.5 Å². The first-order valence-electron chi connectivity index (χ1n) is 8.33. The van der Waals surface area contributed by atoms with Gasteiger partial charge in [0.1, 0.15) is 27.6 Å². The smallest absolute Gasteiger partial charge is 0.241 e. The highest BCUT2D eigenvalue weighted by molar-refractivity contribution is 7.89. The summed E-state index contributed by atoms with van der Waals surface area (Å²) in [6, 6.07) is 12.1. The van der Waals surface area contributed by atoms with Crippen LogP contribution in [0.2, 0.25) is 5.02 Å². The van der Waals surface area contributed by atoms with Gasteiger partial charge in [-0.15, -0.1) is 11.3 Å². The van der Waals surface area contributed by atoms with Gasteiger partial charge in [0.05, 0.1) is 12.5 Å². The van der Waals surface area contributed by atoms with Crippen molar-refractivity contribution in [3.05, 3.63) is 59.2 Å². The van der Waals surface area contributed by atoms with Gasteiger partial charge in [-0.1, -0.05) is 23.7 Å². The molecule has 0 saturated heterocycles. The molecule has 2 aromatic carbocycles. The quantitative estimate of drug-likeness (QED) is 0.470. The molecule has 4 rings (SSSR count). The third kappa shape index (κ3) is 3.90. The number of hydrogen-bond donors (Lipinski definition) is 2. The van der Waals surface area contributed by atoms with E-state index in [-0.39, 0.29) is 10.6 Å². The Hall–Kier alpha value is -2.72. The average Bonchev–Trinajstić information content (AvgIpc) is 3.13. The molecule has 7 nitrogen and oxygen atoms in total. The van der Waals surface area contributed by atoms with Gasteiger partial charge in [0.2, 0.25) is 10.0 Å². The van der Waals surface area contributed by atoms with E-state index in [1.165, 1.54) is 36.9 Å². The van der Waals surface area contributed by atoms with Crippen LogP contribution in [0.4, 0.5) is 11.5 Å². The normalized spacial score (nSPS) is 11.6. The molecule has 0 radical (unpaired) electrons. The number of benzene rings is 2. The number of fused-ring (bicyclic) bond motifs is 1. The third-order valence-electron chi connectivity index (χ3n) is 4.26. The lowest BCUT2D eigenvalue weighted by molar-refractivity contribution is 0.403. The van der Waals surface area contributed by atoms with Crippen molar-refractivity contribution in [2.45, 2.75) is 4.90 Å². The lowest BCUT2D eigenvalue weighted by Gasteiger charge is -2.12. The molecule has 148 valence electrons. The molecule has 0 bridgehead atoms. The molecule has 29 heavy (non-hydrogen) atoms. The van der Waals surface area contributed by atoms with Crippen LogP contribution < -0.4 is 15.2 Å². The summed E-state index contributed by atoms with van der Waals surface area (Å²) in [4.78, 5) is 9.38. The maximum absolute atomic E-state index is 11.9. The summed E-state index contributed by atoms with van der Waals surface area (Å²) in [5, 5.41) is 12.0. The Morgan fingerprint density at radius 2 is 1.90 bits per heavy atom. The van der Waals surface area contributed by atoms with E-state index in [9.17, 15) is 8.42 Å². The standard InChI is InChI=1S/C19H15ClN4O3S2/c1-27-15-7-6-13(8-16(15)29(21,25)26)24-18-17-14(9-28-19(17)23-10-22-18)11-2-4-12(20)5-3-11/h2-10H,1H3,(H2,21,25,26)(H,22,23,24). The number of rotatable bonds is 5. The van der Waals surface area contributed by atoms with Crippen molar-refractivity contribution >= 4 is 54.7 Å². The van der Waals surface area contributed by atoms with Gasteiger partial charge in [0.25, 0.3) is 0 Å². The SMILES string of the molecule is COc1ccc(Nc2ncnc3scc(-c4ccc(Cl)cc4)c23)cc1S(N)(=O)=O. The van der Waals surface area contributed by atoms with Crippen molar-refractivity contribution in [1.29, 1.82) is 0 Å². The number of sulfonamides is 1. The number of primary sulfonamides is 1. The Morgan fingerprint density at radius 1 is 1.14 bits per heavy atom. The molecule has 10 heteroatoms. The highest BCUT2D eigenvalue weighted by Gasteiger charge is 2.17. The largest absolute Gasteiger partial charge is 0.495 e. The number of hydrogen-bond acceptors (Lipinski definition) is 7. The molecule has 0 unspecified atom stereocenters. The van der Waals surface area contributed by atoms with Crippen molar-refractivity contribution in [3.8, 4) is 16.9 Å². The fourth-order valence-corrected chi connectivity index (χ4v) is 4.69. The molecule has 0 amide bonds. The number of aromatic nitrogens is 2. The number of anilines is 2. The van der Waals surface area contributed by atoms with Gasteiger partial charge in [-0.3, -0.25) is 0 Å². The maximum Gasteiger partial charge on any atom is 0.241 e. The van der Waals surface area contributed by atoms with E-state index in [1.54, 1.807) is 6.07 Å². The minimum absolute atomic E-state index is 0.112. The van der Waals surface area contributed by atoms with Crippen LogP contribution >= 0.6 is 22.9 Å². The maximum atomic E-state index is 11.9. The summed E-state index contributed by atoms with van der Waals surface area (Å²) >= 11 is 7.49. The minimum atomic E-state index is -3.96. The van der Waals surface area contributed by atoms with Crippen LogP contribution in [0, 0.1) is 0 Å². The second kappa shape index (κ2) is 7.60. The summed E-state index contributed by atoms with van der Waals surface area (Å²) < 4.78 is 28.9. The fourth-order valence-electron chi connectivity index (χ4n) is 2.93. The Morgan fingerprint density at radius 3 is 2.59 bits per heavy atom. The van der Waals surface area contributed by atoms with Crippen molar-refractivity contribution < 1.29 is 13.2 Å². The van der Waals surface area contributed by atoms with Crippen LogP contribution in [-0.4, -0.2) is 25.5 Å². The molecule has 0 saturated carbocycles. The first-order chi connectivity index (χ1) is 13.9. The average molecular weight is 447 g/mol. The number of thiophene rings is 1. The highest BCUT2D eigenvalue weighted by Crippen LogP contribution is 2.38. The predicted molar refractivity (Wildman–Crippen MR) is 116 cm³/mol. The molecule has 0 spiro atoms. The monoisotopic (exact) mass is 446 g/mol. The summed E-state index contributed by atoms with van der Waals surface area (Å²) in [5.41, 5.74) is 2.42. The van der Waals surface area contributed by atoms with Gasteiger partial charge >= 0.3 is 0 Å². The van der Waals surface area contributed by atoms with E-state index in [0.29, 0.717) is 16.5 Å². The zero-order valence-electron chi connectivity index (χ0n) is 15.1. The van der Waals surface area contributed by atoms with Crippen LogP contribution in [0.3, 0.4) is 0 Å². The van der Waals surface area contributed by atoms with Crippen LogP contribution in [-0.2, 0) is 10.0 Å². The molecule has 0 atom stereocenters. The van der Waals surface area contributed by atoms with E-state index in [4.69, 9.17) is 21.5 Å². The molecule has 0 aliphatic carbocycles. The second-order valence-electron chi connectivity index (χ2n) is 6.09. The number of nitrogens with zero attached hydrogens (tertiary/aromatic N) is 2. The van der Waals surface area contributed by atoms with Gasteiger partial charge in [0, 0.05) is 21.7 Å². The summed E-state index contributed by atoms with van der Waals surface area (Å²) in [6.45, 7) is 0. The van der Waals surface area contributed by atoms with Gasteiger partial charge in [-0.2, -0.15) is 0 Å². The van der Waals surface area contributed by atoms with Gasteiger partial charge in [0.15, 0.2) is 0 Å². The van der Waals surface area contributed by atoms with Crippen LogP contribution in [0.15, 0.2) is 59.1 Å². The number of methoxy groups -OCH3 is 1. The predicted octanol–water partition coefficient (Wildman–Crippen LogP) is 4.41. The lowest BCUT2D eigenvalue weighted by Crippen LogP contribution is -2.13. The first-order valence-corrected chi connectivity index (χ1v) is 11.1. The number of nitrogens with two attached hydrogens (primary N) is 1. The first kappa shape index (κ1) is 19.6.